The number of nitrogens with zero attached hydrogens (tertiary/aromatic N) is 2. The van der Waals surface area contributed by atoms with Crippen molar-refractivity contribution in [2.75, 3.05) is 18.6 Å². The van der Waals surface area contributed by atoms with E-state index in [1.54, 1.807) is 6.92 Å². The van der Waals surface area contributed by atoms with E-state index in [2.05, 4.69) is 4.74 Å². The van der Waals surface area contributed by atoms with Crippen LogP contribution in [0, 0.1) is 46.8 Å². The van der Waals surface area contributed by atoms with Crippen molar-refractivity contribution >= 4 is 58.6 Å². The molecule has 248 valence electrons. The molecule has 47 heavy (non-hydrogen) atoms. The van der Waals surface area contributed by atoms with Gasteiger partial charge in [0.15, 0.2) is 44.5 Å². The lowest BCUT2D eigenvalue weighted by Crippen LogP contribution is -2.60. The average Bonchev–Trinajstić information content (AvgIpc) is 3.38. The van der Waals surface area contributed by atoms with Gasteiger partial charge >= 0.3 is 6.09 Å². The number of allylic oxidation sites excluding steroid dienone is 2. The van der Waals surface area contributed by atoms with Crippen LogP contribution in [0.25, 0.3) is 0 Å². The van der Waals surface area contributed by atoms with Crippen molar-refractivity contribution in [3.8, 4) is 11.5 Å². The molecule has 1 saturated carbocycles. The fraction of sp³-hybridized carbons (Fsp3) is 0.367. The summed E-state index contributed by atoms with van der Waals surface area (Å²) in [5.74, 6) is -24.2. The van der Waals surface area contributed by atoms with Gasteiger partial charge in [-0.05, 0) is 31.7 Å². The Kier molecular flexibility index (Phi) is 7.59. The van der Waals surface area contributed by atoms with Crippen LogP contribution in [0.2, 0.25) is 0 Å². The summed E-state index contributed by atoms with van der Waals surface area (Å²) in [6, 6.07) is 3.98. The second-order valence-corrected chi connectivity index (χ2v) is 12.5. The predicted molar refractivity (Wildman–Crippen MR) is 150 cm³/mol. The van der Waals surface area contributed by atoms with Crippen molar-refractivity contribution in [1.29, 1.82) is 0 Å². The first-order chi connectivity index (χ1) is 22.1. The van der Waals surface area contributed by atoms with Gasteiger partial charge in [0.1, 0.15) is 5.69 Å². The number of benzene rings is 2. The molecule has 0 spiro atoms. The molecule has 2 heterocycles. The third-order valence-electron chi connectivity index (χ3n) is 9.22. The van der Waals surface area contributed by atoms with Gasteiger partial charge in [-0.3, -0.25) is 19.2 Å². The topological polar surface area (TPSA) is 131 Å². The molecule has 2 aliphatic carbocycles. The highest BCUT2D eigenvalue weighted by Crippen LogP contribution is 2.67. The number of fused-ring (bicyclic) bond motifs is 4. The zero-order chi connectivity index (χ0) is 34.5. The first-order valence-corrected chi connectivity index (χ1v) is 14.7. The van der Waals surface area contributed by atoms with E-state index in [1.165, 1.54) is 24.3 Å². The van der Waals surface area contributed by atoms with Crippen LogP contribution in [-0.2, 0) is 23.9 Å². The summed E-state index contributed by atoms with van der Waals surface area (Å²) in [6.07, 6.45) is -0.864. The van der Waals surface area contributed by atoms with Crippen molar-refractivity contribution in [2.45, 2.75) is 35.4 Å². The van der Waals surface area contributed by atoms with Crippen molar-refractivity contribution in [3.05, 3.63) is 64.5 Å². The summed E-state index contributed by atoms with van der Waals surface area (Å²) < 4.78 is 82.9. The first kappa shape index (κ1) is 32.7. The minimum Gasteiger partial charge on any atom is -0.504 e. The molecule has 10 nitrogen and oxygen atoms in total. The normalized spacial score (nSPS) is 29.9. The molecule has 5 amide bonds. The lowest BCUT2D eigenvalue weighted by atomic mass is 9.56. The molecule has 6 atom stereocenters. The number of rotatable bonds is 4. The Morgan fingerprint density at radius 3 is 2.17 bits per heavy atom. The summed E-state index contributed by atoms with van der Waals surface area (Å²) >= 11 is 14.0. The number of likely N-dealkylation sites (tertiary alicyclic amines) is 1. The number of hydrogen-bond acceptors (Lipinski definition) is 8. The third-order valence-corrected chi connectivity index (χ3v) is 10.6. The molecule has 2 aromatic carbocycles. The largest absolute Gasteiger partial charge is 0.504 e. The van der Waals surface area contributed by atoms with Gasteiger partial charge in [-0.2, -0.15) is 4.90 Å². The Bertz CT molecular complexity index is 1830. The number of alkyl halides is 2. The van der Waals surface area contributed by atoms with Crippen LogP contribution >= 0.6 is 23.2 Å². The molecule has 4 aliphatic rings. The second kappa shape index (κ2) is 10.9. The lowest BCUT2D eigenvalue weighted by molar-refractivity contribution is -0.138. The first-order valence-electron chi connectivity index (χ1n) is 14.0. The molecule has 0 radical (unpaired) electrons. The number of imide groups is 4. The van der Waals surface area contributed by atoms with Crippen molar-refractivity contribution < 1.29 is 60.5 Å². The number of halogens is 7. The van der Waals surface area contributed by atoms with Gasteiger partial charge in [0.25, 0.3) is 11.8 Å². The fourth-order valence-electron chi connectivity index (χ4n) is 7.23. The maximum Gasteiger partial charge on any atom is 0.423 e. The summed E-state index contributed by atoms with van der Waals surface area (Å²) in [5.41, 5.74) is -2.07. The molecule has 0 aromatic heterocycles. The molecular formula is C30H21Cl2F5N2O8. The van der Waals surface area contributed by atoms with Crippen LogP contribution in [0.3, 0.4) is 0 Å². The minimum atomic E-state index is -2.84. The molecule has 0 bridgehead atoms. The highest BCUT2D eigenvalue weighted by atomic mass is 35.5. The quantitative estimate of drug-likeness (QED) is 0.120. The highest BCUT2D eigenvalue weighted by molar-refractivity contribution is 6.58. The molecule has 6 rings (SSSR count). The molecule has 2 saturated heterocycles. The standard InChI is InChI=1S/C30H21Cl2F5N2O8/c1-3-47-14-6-4-5-12(23(14)40)16-10-7-8-11-15(25(42)39(24(11)41)28(45)46-2)13(10)9-29(31)26(43)38(27(44)30(16,29)32)22-20(36)18(34)17(33)19(35)21(22)37/h4-7,11,13,15-16,40H,3,8-9H2,1-2H3. The second-order valence-electron chi connectivity index (χ2n) is 11.3. The number of hydrogen-bond donors (Lipinski definition) is 1. The van der Waals surface area contributed by atoms with Crippen molar-refractivity contribution in [2.24, 2.45) is 17.8 Å². The molecule has 17 heteroatoms. The average molecular weight is 703 g/mol. The molecule has 2 aromatic rings. The van der Waals surface area contributed by atoms with Gasteiger partial charge in [0.2, 0.25) is 17.6 Å². The van der Waals surface area contributed by atoms with Crippen LogP contribution in [0.1, 0.15) is 31.2 Å². The van der Waals surface area contributed by atoms with Gasteiger partial charge in [0.05, 0.1) is 25.6 Å². The monoisotopic (exact) mass is 702 g/mol. The van der Waals surface area contributed by atoms with Gasteiger partial charge in [-0.25, -0.2) is 31.6 Å². The maximum absolute atomic E-state index is 15.1. The van der Waals surface area contributed by atoms with Crippen molar-refractivity contribution in [1.82, 2.24) is 4.90 Å². The number of carbonyl (C=O) groups excluding carboxylic acids is 5. The van der Waals surface area contributed by atoms with Crippen LogP contribution in [0.4, 0.5) is 32.4 Å². The summed E-state index contributed by atoms with van der Waals surface area (Å²) in [7, 11) is 0.936. The Balaban J connectivity index is 1.62. The number of phenols is 1. The Hall–Kier alpha value is -4.24. The number of ether oxygens (including phenoxy) is 2. The van der Waals surface area contributed by atoms with E-state index in [-0.39, 0.29) is 39.7 Å². The van der Waals surface area contributed by atoms with E-state index < -0.39 is 110 Å². The van der Waals surface area contributed by atoms with Gasteiger partial charge in [0, 0.05) is 11.5 Å². The smallest absolute Gasteiger partial charge is 0.423 e. The van der Waals surface area contributed by atoms with Gasteiger partial charge < -0.3 is 14.6 Å². The summed E-state index contributed by atoms with van der Waals surface area (Å²) in [4.78, 5) is 61.9. The Morgan fingerprint density at radius 1 is 0.957 bits per heavy atom. The molecule has 3 fully saturated rings. The number of carbonyl (C=O) groups is 5. The molecule has 6 unspecified atom stereocenters. The number of aromatic hydroxyl groups is 1. The van der Waals surface area contributed by atoms with Gasteiger partial charge in [-0.15, -0.1) is 23.2 Å². The fourth-order valence-corrected chi connectivity index (χ4v) is 8.15. The number of amides is 5. The number of phenolic OH excluding ortho intramolecular Hbond substituents is 1. The molecule has 1 N–H and O–H groups in total. The van der Waals surface area contributed by atoms with E-state index >= 15 is 8.78 Å². The van der Waals surface area contributed by atoms with E-state index in [0.717, 1.165) is 7.11 Å². The van der Waals surface area contributed by atoms with E-state index in [4.69, 9.17) is 27.9 Å². The molecular weight excluding hydrogens is 682 g/mol. The zero-order valence-electron chi connectivity index (χ0n) is 24.1. The maximum atomic E-state index is 15.1. The number of methoxy groups -OCH3 is 1. The SMILES string of the molecule is CCOc1cccc(C2C3=CCC4C(=O)N(C(=O)OC)C(=O)C4C3CC3(Cl)C(=O)N(c4c(F)c(F)c(F)c(F)c4F)C(=O)C23Cl)c1O. The van der Waals surface area contributed by atoms with Crippen LogP contribution in [0.5, 0.6) is 11.5 Å². The zero-order valence-corrected chi connectivity index (χ0v) is 25.6. The van der Waals surface area contributed by atoms with Gasteiger partial charge in [-0.1, -0.05) is 23.8 Å². The molecule has 2 aliphatic heterocycles. The summed E-state index contributed by atoms with van der Waals surface area (Å²) in [5, 5.41) is 11.3. The van der Waals surface area contributed by atoms with Crippen LogP contribution < -0.4 is 9.64 Å². The minimum absolute atomic E-state index is 0.0492. The van der Waals surface area contributed by atoms with Crippen LogP contribution in [0.15, 0.2) is 29.8 Å². The number of anilines is 1. The van der Waals surface area contributed by atoms with Crippen molar-refractivity contribution in [3.63, 3.8) is 0 Å². The predicted octanol–water partition coefficient (Wildman–Crippen LogP) is 4.82. The van der Waals surface area contributed by atoms with Crippen LogP contribution in [-0.4, -0.2) is 63.2 Å². The number of para-hydroxylation sites is 1. The Labute approximate surface area is 271 Å². The van der Waals surface area contributed by atoms with E-state index in [9.17, 15) is 42.3 Å². The lowest BCUT2D eigenvalue weighted by Gasteiger charge is -2.50. The van der Waals surface area contributed by atoms with E-state index in [0.29, 0.717) is 0 Å². The summed E-state index contributed by atoms with van der Waals surface area (Å²) in [6.45, 7) is 1.64. The third kappa shape index (κ3) is 4.04. The highest BCUT2D eigenvalue weighted by Gasteiger charge is 2.77. The Morgan fingerprint density at radius 2 is 1.57 bits per heavy atom. The van der Waals surface area contributed by atoms with E-state index in [1.807, 2.05) is 0 Å².